The van der Waals surface area contributed by atoms with Crippen LogP contribution < -0.4 is 0 Å². The van der Waals surface area contributed by atoms with Crippen LogP contribution in [0.1, 0.15) is 44.1 Å². The van der Waals surface area contributed by atoms with Crippen LogP contribution in [-0.4, -0.2) is 65.1 Å². The number of aromatic nitrogens is 1. The zero-order valence-electron chi connectivity index (χ0n) is 15.2. The van der Waals surface area contributed by atoms with Crippen LogP contribution in [0.5, 0.6) is 0 Å². The van der Waals surface area contributed by atoms with E-state index in [-0.39, 0.29) is 12.5 Å². The Hall–Kier alpha value is -1.46. The summed E-state index contributed by atoms with van der Waals surface area (Å²) in [7, 11) is 0. The van der Waals surface area contributed by atoms with Gasteiger partial charge in [0.15, 0.2) is 0 Å². The van der Waals surface area contributed by atoms with Crippen LogP contribution in [0.15, 0.2) is 24.5 Å². The molecule has 1 aromatic rings. The van der Waals surface area contributed by atoms with Crippen molar-refractivity contribution in [1.82, 2.24) is 14.8 Å². The van der Waals surface area contributed by atoms with Gasteiger partial charge < -0.3 is 14.9 Å². The molecule has 5 nitrogen and oxygen atoms in total. The molecule has 0 aromatic carbocycles. The zero-order chi connectivity index (χ0) is 17.5. The first-order chi connectivity index (χ1) is 12.2. The average molecular weight is 345 g/mol. The molecule has 138 valence electrons. The molecule has 2 aliphatic heterocycles. The van der Waals surface area contributed by atoms with Gasteiger partial charge in [-0.1, -0.05) is 6.07 Å². The minimum Gasteiger partial charge on any atom is -0.396 e. The largest absolute Gasteiger partial charge is 0.396 e. The second kappa shape index (κ2) is 8.77. The van der Waals surface area contributed by atoms with E-state index in [2.05, 4.69) is 16.0 Å². The fraction of sp³-hybridized carbons (Fsp3) is 0.700. The maximum Gasteiger partial charge on any atom is 0.222 e. The summed E-state index contributed by atoms with van der Waals surface area (Å²) in [6.07, 6.45) is 10.9. The first-order valence-electron chi connectivity index (χ1n) is 9.71. The quantitative estimate of drug-likeness (QED) is 0.822. The monoisotopic (exact) mass is 345 g/mol. The van der Waals surface area contributed by atoms with Gasteiger partial charge in [-0.3, -0.25) is 9.78 Å². The highest BCUT2D eigenvalue weighted by molar-refractivity contribution is 5.77. The molecule has 1 spiro atoms. The molecule has 0 aliphatic carbocycles. The van der Waals surface area contributed by atoms with E-state index in [1.807, 2.05) is 23.4 Å². The Morgan fingerprint density at radius 1 is 1.16 bits per heavy atom. The van der Waals surface area contributed by atoms with E-state index in [1.54, 1.807) is 0 Å². The van der Waals surface area contributed by atoms with Crippen molar-refractivity contribution in [2.45, 2.75) is 44.9 Å². The highest BCUT2D eigenvalue weighted by Gasteiger charge is 2.40. The Kier molecular flexibility index (Phi) is 6.43. The van der Waals surface area contributed by atoms with E-state index < -0.39 is 0 Å². The Morgan fingerprint density at radius 2 is 2.00 bits per heavy atom. The van der Waals surface area contributed by atoms with Crippen molar-refractivity contribution in [3.8, 4) is 0 Å². The van der Waals surface area contributed by atoms with Gasteiger partial charge in [0, 0.05) is 38.5 Å². The summed E-state index contributed by atoms with van der Waals surface area (Å²) in [6.45, 7) is 5.23. The number of hydrogen-bond donors (Lipinski definition) is 1. The van der Waals surface area contributed by atoms with Crippen LogP contribution in [0, 0.1) is 5.41 Å². The number of aryl methyl sites for hydroxylation is 1. The van der Waals surface area contributed by atoms with Gasteiger partial charge in [-0.25, -0.2) is 0 Å². The predicted molar refractivity (Wildman–Crippen MR) is 98.2 cm³/mol. The van der Waals surface area contributed by atoms with Gasteiger partial charge in [-0.2, -0.15) is 0 Å². The van der Waals surface area contributed by atoms with Gasteiger partial charge in [-0.15, -0.1) is 0 Å². The third-order valence-electron chi connectivity index (χ3n) is 5.91. The van der Waals surface area contributed by atoms with Crippen LogP contribution in [0.3, 0.4) is 0 Å². The molecular weight excluding hydrogens is 314 g/mol. The summed E-state index contributed by atoms with van der Waals surface area (Å²) >= 11 is 0. The van der Waals surface area contributed by atoms with Gasteiger partial charge in [0.2, 0.25) is 5.91 Å². The highest BCUT2D eigenvalue weighted by atomic mass is 16.3. The third-order valence-corrected chi connectivity index (χ3v) is 5.91. The minimum atomic E-state index is 0.168. The Labute approximate surface area is 151 Å². The minimum absolute atomic E-state index is 0.168. The summed E-state index contributed by atoms with van der Waals surface area (Å²) in [5.74, 6) is 0.276. The topological polar surface area (TPSA) is 56.7 Å². The van der Waals surface area contributed by atoms with Crippen LogP contribution in [0.4, 0.5) is 0 Å². The van der Waals surface area contributed by atoms with E-state index in [9.17, 15) is 4.79 Å². The molecule has 0 atom stereocenters. The predicted octanol–water partition coefficient (Wildman–Crippen LogP) is 2.10. The van der Waals surface area contributed by atoms with Crippen molar-refractivity contribution in [1.29, 1.82) is 0 Å². The summed E-state index contributed by atoms with van der Waals surface area (Å²) in [5.41, 5.74) is 1.64. The number of nitrogens with zero attached hydrogens (tertiary/aromatic N) is 3. The molecule has 1 amide bonds. The number of carbonyl (C=O) groups excluding carboxylic acids is 1. The van der Waals surface area contributed by atoms with Gasteiger partial charge in [-0.05, 0) is 75.2 Å². The first kappa shape index (κ1) is 18.3. The molecule has 5 heteroatoms. The third kappa shape index (κ3) is 5.02. The van der Waals surface area contributed by atoms with Crippen molar-refractivity contribution in [3.63, 3.8) is 0 Å². The Morgan fingerprint density at radius 3 is 2.72 bits per heavy atom. The normalized spacial score (nSPS) is 21.0. The summed E-state index contributed by atoms with van der Waals surface area (Å²) < 4.78 is 0. The summed E-state index contributed by atoms with van der Waals surface area (Å²) in [5, 5.41) is 9.04. The van der Waals surface area contributed by atoms with E-state index >= 15 is 0 Å². The Bertz CT molecular complexity index is 541. The van der Waals surface area contributed by atoms with Crippen LogP contribution >= 0.6 is 0 Å². The molecule has 25 heavy (non-hydrogen) atoms. The van der Waals surface area contributed by atoms with Gasteiger partial charge in [0.1, 0.15) is 0 Å². The van der Waals surface area contributed by atoms with E-state index in [0.717, 1.165) is 39.0 Å². The fourth-order valence-corrected chi connectivity index (χ4v) is 4.28. The molecule has 2 aliphatic rings. The lowest BCUT2D eigenvalue weighted by molar-refractivity contribution is -0.139. The number of amides is 1. The number of aliphatic hydroxyl groups excluding tert-OH is 1. The lowest BCUT2D eigenvalue weighted by atomic mass is 9.72. The zero-order valence-corrected chi connectivity index (χ0v) is 15.2. The molecule has 3 rings (SSSR count). The van der Waals surface area contributed by atoms with Gasteiger partial charge in [0.05, 0.1) is 0 Å². The average Bonchev–Trinajstić information content (AvgIpc) is 2.65. The number of hydrogen-bond acceptors (Lipinski definition) is 4. The molecule has 0 radical (unpaired) electrons. The highest BCUT2D eigenvalue weighted by Crippen LogP contribution is 2.40. The molecule has 1 aromatic heterocycles. The van der Waals surface area contributed by atoms with Crippen molar-refractivity contribution in [2.24, 2.45) is 5.41 Å². The van der Waals surface area contributed by atoms with Crippen LogP contribution in [0.2, 0.25) is 0 Å². The maximum atomic E-state index is 12.1. The summed E-state index contributed by atoms with van der Waals surface area (Å²) in [4.78, 5) is 20.9. The molecule has 2 fully saturated rings. The summed E-state index contributed by atoms with van der Waals surface area (Å²) in [6, 6.07) is 4.16. The Balaban J connectivity index is 1.42. The smallest absolute Gasteiger partial charge is 0.222 e. The van der Waals surface area contributed by atoms with Crippen molar-refractivity contribution in [3.05, 3.63) is 30.1 Å². The fourth-order valence-electron chi connectivity index (χ4n) is 4.28. The number of aliphatic hydroxyl groups is 1. The molecule has 0 saturated carbocycles. The second-order valence-corrected chi connectivity index (χ2v) is 7.70. The molecular formula is C20H31N3O2. The number of likely N-dealkylation sites (tertiary alicyclic amines) is 2. The first-order valence-corrected chi connectivity index (χ1v) is 9.71. The SMILES string of the molecule is O=C1CCC2(CCN(CCCc3cccnc3)CC2)CN1CCCO. The lowest BCUT2D eigenvalue weighted by Gasteiger charge is -2.47. The van der Waals surface area contributed by atoms with Gasteiger partial charge >= 0.3 is 0 Å². The number of carbonyl (C=O) groups is 1. The van der Waals surface area contributed by atoms with Crippen molar-refractivity contribution >= 4 is 5.91 Å². The standard InChI is InChI=1S/C20H31N3O2/c24-15-3-12-23-17-20(7-6-19(23)25)8-13-22(14-9-20)11-2-5-18-4-1-10-21-16-18/h1,4,10,16,24H,2-3,5-9,11-15,17H2. The number of piperidine rings is 2. The number of rotatable bonds is 7. The second-order valence-electron chi connectivity index (χ2n) is 7.70. The van der Waals surface area contributed by atoms with E-state index in [4.69, 9.17) is 5.11 Å². The van der Waals surface area contributed by atoms with Crippen molar-refractivity contribution < 1.29 is 9.90 Å². The lowest BCUT2D eigenvalue weighted by Crippen LogP contribution is -2.51. The molecule has 0 unspecified atom stereocenters. The number of pyridine rings is 1. The molecule has 2 saturated heterocycles. The molecule has 0 bridgehead atoms. The maximum absolute atomic E-state index is 12.1. The van der Waals surface area contributed by atoms with E-state index in [0.29, 0.717) is 24.8 Å². The van der Waals surface area contributed by atoms with Crippen LogP contribution in [-0.2, 0) is 11.2 Å². The molecule has 1 N–H and O–H groups in total. The van der Waals surface area contributed by atoms with E-state index in [1.165, 1.54) is 24.8 Å². The van der Waals surface area contributed by atoms with Gasteiger partial charge in [0.25, 0.3) is 0 Å². The molecule has 3 heterocycles. The van der Waals surface area contributed by atoms with Crippen molar-refractivity contribution in [2.75, 3.05) is 39.3 Å². The van der Waals surface area contributed by atoms with Crippen LogP contribution in [0.25, 0.3) is 0 Å².